The number of rotatable bonds is 7. The van der Waals surface area contributed by atoms with E-state index < -0.39 is 10.0 Å². The predicted molar refractivity (Wildman–Crippen MR) is 95.5 cm³/mol. The van der Waals surface area contributed by atoms with Crippen LogP contribution in [0, 0.1) is 6.92 Å². The van der Waals surface area contributed by atoms with Crippen molar-refractivity contribution in [2.75, 3.05) is 30.9 Å². The predicted octanol–water partition coefficient (Wildman–Crippen LogP) is 2.39. The van der Waals surface area contributed by atoms with Crippen LogP contribution in [-0.2, 0) is 19.6 Å². The Morgan fingerprint density at radius 1 is 1.08 bits per heavy atom. The maximum atomic E-state index is 12.5. The average molecular weight is 364 g/mol. The summed E-state index contributed by atoms with van der Waals surface area (Å²) in [6.07, 6.45) is 0. The Balaban J connectivity index is 2.27. The van der Waals surface area contributed by atoms with Crippen molar-refractivity contribution >= 4 is 27.3 Å². The molecular formula is C17H20N2O5S. The third kappa shape index (κ3) is 4.94. The van der Waals surface area contributed by atoms with E-state index in [0.29, 0.717) is 17.1 Å². The first-order chi connectivity index (χ1) is 11.9. The summed E-state index contributed by atoms with van der Waals surface area (Å²) in [5, 5.41) is 2.61. The van der Waals surface area contributed by atoms with Crippen molar-refractivity contribution in [1.29, 1.82) is 0 Å². The van der Waals surface area contributed by atoms with Gasteiger partial charge in [-0.2, -0.15) is 0 Å². The van der Waals surface area contributed by atoms with Crippen LogP contribution < -0.4 is 14.8 Å². The van der Waals surface area contributed by atoms with Crippen molar-refractivity contribution in [1.82, 2.24) is 0 Å². The number of hydrogen-bond acceptors (Lipinski definition) is 5. The molecule has 2 N–H and O–H groups in total. The lowest BCUT2D eigenvalue weighted by Crippen LogP contribution is -2.18. The van der Waals surface area contributed by atoms with Gasteiger partial charge >= 0.3 is 0 Å². The van der Waals surface area contributed by atoms with Gasteiger partial charge in [0, 0.05) is 7.11 Å². The number of carbonyl (C=O) groups is 1. The molecule has 0 aliphatic rings. The van der Waals surface area contributed by atoms with Gasteiger partial charge in [0.25, 0.3) is 10.0 Å². The minimum Gasteiger partial charge on any atom is -0.495 e. The molecule has 0 saturated heterocycles. The van der Waals surface area contributed by atoms with Gasteiger partial charge in [-0.1, -0.05) is 17.7 Å². The molecule has 0 radical (unpaired) electrons. The molecule has 0 fully saturated rings. The first-order valence-electron chi connectivity index (χ1n) is 7.42. The van der Waals surface area contributed by atoms with Gasteiger partial charge in [0.1, 0.15) is 12.4 Å². The summed E-state index contributed by atoms with van der Waals surface area (Å²) in [5.41, 5.74) is 1.61. The van der Waals surface area contributed by atoms with Crippen molar-refractivity contribution in [2.24, 2.45) is 0 Å². The zero-order valence-corrected chi connectivity index (χ0v) is 15.0. The van der Waals surface area contributed by atoms with E-state index >= 15 is 0 Å². The number of hydrogen-bond donors (Lipinski definition) is 2. The fourth-order valence-corrected chi connectivity index (χ4v) is 3.17. The van der Waals surface area contributed by atoms with Crippen LogP contribution in [0.4, 0.5) is 11.4 Å². The van der Waals surface area contributed by atoms with Crippen molar-refractivity contribution in [2.45, 2.75) is 11.8 Å². The average Bonchev–Trinajstić information content (AvgIpc) is 2.55. The Morgan fingerprint density at radius 3 is 2.36 bits per heavy atom. The number of amides is 1. The Kier molecular flexibility index (Phi) is 6.00. The Hall–Kier alpha value is -2.58. The SMILES string of the molecule is COCC(=O)Nc1cc(NS(=O)(=O)c2ccc(C)cc2)ccc1OC. The van der Waals surface area contributed by atoms with E-state index in [1.807, 2.05) is 6.92 Å². The van der Waals surface area contributed by atoms with Crippen molar-refractivity contribution in [3.8, 4) is 5.75 Å². The normalized spacial score (nSPS) is 11.0. The van der Waals surface area contributed by atoms with Gasteiger partial charge in [0.2, 0.25) is 5.91 Å². The molecule has 0 atom stereocenters. The highest BCUT2D eigenvalue weighted by Crippen LogP contribution is 2.29. The summed E-state index contributed by atoms with van der Waals surface area (Å²) >= 11 is 0. The van der Waals surface area contributed by atoms with E-state index in [2.05, 4.69) is 10.0 Å². The van der Waals surface area contributed by atoms with Crippen LogP contribution in [0.25, 0.3) is 0 Å². The molecule has 2 rings (SSSR count). The molecule has 1 amide bonds. The van der Waals surface area contributed by atoms with Crippen molar-refractivity contribution in [3.63, 3.8) is 0 Å². The molecule has 2 aromatic carbocycles. The molecule has 0 heterocycles. The first-order valence-corrected chi connectivity index (χ1v) is 8.90. The molecule has 2 aromatic rings. The third-order valence-corrected chi connectivity index (χ3v) is 4.73. The van der Waals surface area contributed by atoms with Crippen LogP contribution in [-0.4, -0.2) is 35.2 Å². The van der Waals surface area contributed by atoms with Gasteiger partial charge in [0.05, 0.1) is 23.4 Å². The molecule has 0 aliphatic heterocycles. The largest absolute Gasteiger partial charge is 0.495 e. The zero-order valence-electron chi connectivity index (χ0n) is 14.2. The molecule has 0 saturated carbocycles. The highest BCUT2D eigenvalue weighted by Gasteiger charge is 2.15. The Labute approximate surface area is 147 Å². The van der Waals surface area contributed by atoms with E-state index in [-0.39, 0.29) is 17.4 Å². The number of sulfonamides is 1. The smallest absolute Gasteiger partial charge is 0.261 e. The molecular weight excluding hydrogens is 344 g/mol. The van der Waals surface area contributed by atoms with Gasteiger partial charge in [-0.15, -0.1) is 0 Å². The Bertz CT molecular complexity index is 848. The number of methoxy groups -OCH3 is 2. The minimum absolute atomic E-state index is 0.123. The topological polar surface area (TPSA) is 93.7 Å². The van der Waals surface area contributed by atoms with E-state index in [1.165, 1.54) is 32.4 Å². The highest BCUT2D eigenvalue weighted by atomic mass is 32.2. The molecule has 134 valence electrons. The van der Waals surface area contributed by atoms with Gasteiger partial charge < -0.3 is 14.8 Å². The van der Waals surface area contributed by atoms with E-state index in [0.717, 1.165) is 5.56 Å². The minimum atomic E-state index is -3.73. The lowest BCUT2D eigenvalue weighted by molar-refractivity contribution is -0.119. The quantitative estimate of drug-likeness (QED) is 0.787. The zero-order chi connectivity index (χ0) is 18.4. The van der Waals surface area contributed by atoms with E-state index in [1.54, 1.807) is 24.3 Å². The van der Waals surface area contributed by atoms with Crippen molar-refractivity contribution in [3.05, 3.63) is 48.0 Å². The molecule has 7 nitrogen and oxygen atoms in total. The fraction of sp³-hybridized carbons (Fsp3) is 0.235. The van der Waals surface area contributed by atoms with E-state index in [9.17, 15) is 13.2 Å². The van der Waals surface area contributed by atoms with Crippen LogP contribution in [0.15, 0.2) is 47.4 Å². The fourth-order valence-electron chi connectivity index (χ4n) is 2.12. The van der Waals surface area contributed by atoms with Gasteiger partial charge in [-0.25, -0.2) is 8.42 Å². The number of ether oxygens (including phenoxy) is 2. The standard InChI is InChI=1S/C17H20N2O5S/c1-12-4-7-14(8-5-12)25(21,22)19-13-6-9-16(24-3)15(10-13)18-17(20)11-23-2/h4-10,19H,11H2,1-3H3,(H,18,20). The van der Waals surface area contributed by atoms with Gasteiger partial charge in [-0.3, -0.25) is 9.52 Å². The molecule has 8 heteroatoms. The summed E-state index contributed by atoms with van der Waals surface area (Å²) in [7, 11) is -0.872. The number of nitrogens with one attached hydrogen (secondary N) is 2. The van der Waals surface area contributed by atoms with Crippen LogP contribution in [0.3, 0.4) is 0 Å². The lowest BCUT2D eigenvalue weighted by atomic mass is 10.2. The highest BCUT2D eigenvalue weighted by molar-refractivity contribution is 7.92. The van der Waals surface area contributed by atoms with Gasteiger partial charge in [0.15, 0.2) is 0 Å². The summed E-state index contributed by atoms with van der Waals surface area (Å²) in [5.74, 6) is 0.0297. The number of anilines is 2. The number of aryl methyl sites for hydroxylation is 1. The maximum Gasteiger partial charge on any atom is 0.261 e. The molecule has 0 aliphatic carbocycles. The van der Waals surface area contributed by atoms with Crippen LogP contribution in [0.5, 0.6) is 5.75 Å². The van der Waals surface area contributed by atoms with Crippen LogP contribution >= 0.6 is 0 Å². The number of benzene rings is 2. The maximum absolute atomic E-state index is 12.5. The second-order valence-corrected chi connectivity index (χ2v) is 7.00. The molecule has 0 aromatic heterocycles. The lowest BCUT2D eigenvalue weighted by Gasteiger charge is -2.13. The monoisotopic (exact) mass is 364 g/mol. The second-order valence-electron chi connectivity index (χ2n) is 5.31. The summed E-state index contributed by atoms with van der Waals surface area (Å²) < 4.78 is 37.3. The summed E-state index contributed by atoms with van der Waals surface area (Å²) in [4.78, 5) is 11.9. The van der Waals surface area contributed by atoms with Crippen molar-refractivity contribution < 1.29 is 22.7 Å². The second kappa shape index (κ2) is 8.00. The molecule has 0 spiro atoms. The first kappa shape index (κ1) is 18.8. The molecule has 25 heavy (non-hydrogen) atoms. The molecule has 0 bridgehead atoms. The number of carbonyl (C=O) groups excluding carboxylic acids is 1. The van der Waals surface area contributed by atoms with Gasteiger partial charge in [-0.05, 0) is 37.3 Å². The van der Waals surface area contributed by atoms with Crippen LogP contribution in [0.2, 0.25) is 0 Å². The Morgan fingerprint density at radius 2 is 1.76 bits per heavy atom. The summed E-state index contributed by atoms with van der Waals surface area (Å²) in [6, 6.07) is 11.1. The third-order valence-electron chi connectivity index (χ3n) is 3.33. The van der Waals surface area contributed by atoms with Crippen LogP contribution in [0.1, 0.15) is 5.56 Å². The van der Waals surface area contributed by atoms with E-state index in [4.69, 9.17) is 9.47 Å². The summed E-state index contributed by atoms with van der Waals surface area (Å²) in [6.45, 7) is 1.75. The molecule has 0 unspecified atom stereocenters.